The normalized spacial score (nSPS) is 25.0. The average molecular weight is 485 g/mol. The molecule has 8 nitrogen and oxygen atoms in total. The number of aliphatic hydroxyl groups is 1. The van der Waals surface area contributed by atoms with Crippen molar-refractivity contribution in [3.63, 3.8) is 0 Å². The molecule has 3 N–H and O–H groups in total. The molecule has 0 bridgehead atoms. The Hall–Kier alpha value is -2.68. The second-order valence-corrected chi connectivity index (χ2v) is 9.72. The van der Waals surface area contributed by atoms with Crippen LogP contribution in [0.3, 0.4) is 0 Å². The first kappa shape index (κ1) is 24.4. The van der Waals surface area contributed by atoms with Crippen LogP contribution in [-0.4, -0.2) is 62.8 Å². The lowest BCUT2D eigenvalue weighted by Crippen LogP contribution is -2.55. The van der Waals surface area contributed by atoms with Gasteiger partial charge in [-0.05, 0) is 38.7 Å². The first-order valence-corrected chi connectivity index (χ1v) is 11.7. The molecule has 1 aliphatic carbocycles. The summed E-state index contributed by atoms with van der Waals surface area (Å²) in [6.07, 6.45) is 3.41. The second-order valence-electron chi connectivity index (χ2n) is 9.72. The molecule has 1 amide bonds. The monoisotopic (exact) mass is 484 g/mol. The number of amides is 1. The minimum absolute atomic E-state index is 0. The molecule has 0 radical (unpaired) electrons. The number of nitrogens with two attached hydrogens (primary N) is 1. The smallest absolute Gasteiger partial charge is 0.233 e. The van der Waals surface area contributed by atoms with E-state index >= 15 is 0 Å². The lowest BCUT2D eigenvalue weighted by atomic mass is 9.61. The van der Waals surface area contributed by atoms with Gasteiger partial charge in [0.2, 0.25) is 5.91 Å². The van der Waals surface area contributed by atoms with Crippen LogP contribution in [-0.2, 0) is 10.2 Å². The molecule has 2 aromatic heterocycles. The molecule has 2 fully saturated rings. The highest BCUT2D eigenvalue weighted by Crippen LogP contribution is 2.46. The van der Waals surface area contributed by atoms with E-state index in [4.69, 9.17) is 15.8 Å². The molecule has 3 aromatic rings. The summed E-state index contributed by atoms with van der Waals surface area (Å²) in [5, 5.41) is 14.8. The van der Waals surface area contributed by atoms with Crippen molar-refractivity contribution in [3.8, 4) is 0 Å². The zero-order chi connectivity index (χ0) is 23.3. The Bertz CT molecular complexity index is 1180. The fraction of sp³-hybridized carbons (Fsp3) is 0.480. The van der Waals surface area contributed by atoms with Gasteiger partial charge in [-0.3, -0.25) is 4.79 Å². The summed E-state index contributed by atoms with van der Waals surface area (Å²) in [6, 6.07) is 11.7. The number of rotatable bonds is 5. The van der Waals surface area contributed by atoms with E-state index in [2.05, 4.69) is 4.90 Å². The van der Waals surface area contributed by atoms with Gasteiger partial charge in [-0.25, -0.2) is 9.50 Å². The molecule has 2 aliphatic rings. The van der Waals surface area contributed by atoms with Crippen molar-refractivity contribution in [1.29, 1.82) is 0 Å². The highest BCUT2D eigenvalue weighted by Gasteiger charge is 2.52. The SMILES string of the molecule is Cc1cn2nc([C@H](C)N(C)C(=O)C3(c4ccccc4)CC(O)C3)cc2nc1N1CC[C@H](N)C1.Cl. The molecule has 1 aliphatic heterocycles. The van der Waals surface area contributed by atoms with E-state index in [1.54, 1.807) is 9.42 Å². The maximum atomic E-state index is 13.7. The topological polar surface area (TPSA) is 100.0 Å². The number of aromatic nitrogens is 3. The molecule has 2 atom stereocenters. The Kier molecular flexibility index (Phi) is 6.59. The Morgan fingerprint density at radius 1 is 1.29 bits per heavy atom. The molecule has 1 saturated heterocycles. The third-order valence-corrected chi connectivity index (χ3v) is 7.38. The summed E-state index contributed by atoms with van der Waals surface area (Å²) in [7, 11) is 1.82. The number of hydrogen-bond acceptors (Lipinski definition) is 6. The fourth-order valence-corrected chi connectivity index (χ4v) is 5.27. The highest BCUT2D eigenvalue weighted by atomic mass is 35.5. The summed E-state index contributed by atoms with van der Waals surface area (Å²) in [5.74, 6) is 0.963. The van der Waals surface area contributed by atoms with Crippen LogP contribution in [0.5, 0.6) is 0 Å². The quantitative estimate of drug-likeness (QED) is 0.577. The zero-order valence-electron chi connectivity index (χ0n) is 19.9. The van der Waals surface area contributed by atoms with E-state index in [9.17, 15) is 9.90 Å². The van der Waals surface area contributed by atoms with Crippen LogP contribution >= 0.6 is 12.4 Å². The Morgan fingerprint density at radius 3 is 2.62 bits per heavy atom. The van der Waals surface area contributed by atoms with Gasteiger partial charge in [0, 0.05) is 44.0 Å². The maximum Gasteiger partial charge on any atom is 0.233 e. The van der Waals surface area contributed by atoms with Crippen molar-refractivity contribution >= 4 is 29.8 Å². The molecule has 1 aromatic carbocycles. The fourth-order valence-electron chi connectivity index (χ4n) is 5.27. The minimum Gasteiger partial charge on any atom is -0.393 e. The van der Waals surface area contributed by atoms with Crippen molar-refractivity contribution < 1.29 is 9.90 Å². The molecular weight excluding hydrogens is 452 g/mol. The summed E-state index contributed by atoms with van der Waals surface area (Å²) in [6.45, 7) is 5.75. The molecule has 0 spiro atoms. The van der Waals surface area contributed by atoms with Crippen LogP contribution in [0.15, 0.2) is 42.6 Å². The molecule has 34 heavy (non-hydrogen) atoms. The number of anilines is 1. The zero-order valence-corrected chi connectivity index (χ0v) is 20.7. The number of fused-ring (bicyclic) bond motifs is 1. The van der Waals surface area contributed by atoms with E-state index in [1.807, 2.05) is 63.5 Å². The van der Waals surface area contributed by atoms with Crippen LogP contribution in [0.2, 0.25) is 0 Å². The molecule has 3 heterocycles. The standard InChI is InChI=1S/C25H32N6O2.ClH/c1-16-14-31-22(27-23(16)30-10-9-19(26)15-30)11-21(28-31)17(2)29(3)24(33)25(12-20(32)13-25)18-7-5-4-6-8-18;/h4-8,11,14,17,19-20,32H,9-10,12-13,15,26H2,1-3H3;1H/t17-,19-,20?,25?;/m0./s1. The molecule has 182 valence electrons. The summed E-state index contributed by atoms with van der Waals surface area (Å²) in [4.78, 5) is 22.5. The van der Waals surface area contributed by atoms with E-state index < -0.39 is 11.5 Å². The lowest BCUT2D eigenvalue weighted by Gasteiger charge is -2.47. The molecular formula is C25H33ClN6O2. The number of carbonyl (C=O) groups excluding carboxylic acids is 1. The van der Waals surface area contributed by atoms with Crippen LogP contribution < -0.4 is 10.6 Å². The number of aliphatic hydroxyl groups excluding tert-OH is 1. The van der Waals surface area contributed by atoms with Crippen molar-refractivity contribution in [2.75, 3.05) is 25.0 Å². The van der Waals surface area contributed by atoms with Gasteiger partial charge in [-0.15, -0.1) is 12.4 Å². The van der Waals surface area contributed by atoms with Gasteiger partial charge in [0.05, 0.1) is 23.3 Å². The Balaban J connectivity index is 0.00000274. The van der Waals surface area contributed by atoms with Gasteiger partial charge >= 0.3 is 0 Å². The van der Waals surface area contributed by atoms with Gasteiger partial charge in [-0.1, -0.05) is 30.3 Å². The van der Waals surface area contributed by atoms with Gasteiger partial charge in [0.1, 0.15) is 5.82 Å². The van der Waals surface area contributed by atoms with Crippen LogP contribution in [0.25, 0.3) is 5.65 Å². The first-order valence-electron chi connectivity index (χ1n) is 11.7. The van der Waals surface area contributed by atoms with E-state index in [1.165, 1.54) is 0 Å². The molecule has 1 saturated carbocycles. The largest absolute Gasteiger partial charge is 0.393 e. The molecule has 5 rings (SSSR count). The number of hydrogen-bond donors (Lipinski definition) is 2. The van der Waals surface area contributed by atoms with Gasteiger partial charge < -0.3 is 20.6 Å². The average Bonchev–Trinajstić information content (AvgIpc) is 3.40. The Labute approximate surface area is 206 Å². The van der Waals surface area contributed by atoms with Gasteiger partial charge in [0.25, 0.3) is 0 Å². The van der Waals surface area contributed by atoms with E-state index in [0.29, 0.717) is 12.8 Å². The summed E-state index contributed by atoms with van der Waals surface area (Å²) >= 11 is 0. The number of likely N-dealkylation sites (N-methyl/N-ethyl adjacent to an activating group) is 1. The third kappa shape index (κ3) is 4.04. The third-order valence-electron chi connectivity index (χ3n) is 7.38. The van der Waals surface area contributed by atoms with Gasteiger partial charge in [0.15, 0.2) is 5.65 Å². The second kappa shape index (κ2) is 9.17. The number of halogens is 1. The predicted molar refractivity (Wildman–Crippen MR) is 134 cm³/mol. The maximum absolute atomic E-state index is 13.7. The molecule has 9 heteroatoms. The van der Waals surface area contributed by atoms with E-state index in [-0.39, 0.29) is 30.4 Å². The van der Waals surface area contributed by atoms with Crippen molar-refractivity contribution in [2.24, 2.45) is 5.73 Å². The van der Waals surface area contributed by atoms with Crippen LogP contribution in [0.4, 0.5) is 5.82 Å². The predicted octanol–water partition coefficient (Wildman–Crippen LogP) is 2.61. The van der Waals surface area contributed by atoms with Crippen molar-refractivity contribution in [2.45, 2.75) is 56.7 Å². The van der Waals surface area contributed by atoms with Crippen LogP contribution in [0.1, 0.15) is 49.0 Å². The summed E-state index contributed by atoms with van der Waals surface area (Å²) < 4.78 is 1.79. The highest BCUT2D eigenvalue weighted by molar-refractivity contribution is 5.89. The van der Waals surface area contributed by atoms with Gasteiger partial charge in [-0.2, -0.15) is 5.10 Å². The Morgan fingerprint density at radius 2 is 2.00 bits per heavy atom. The number of aryl methyl sites for hydroxylation is 1. The van der Waals surface area contributed by atoms with Crippen LogP contribution in [0, 0.1) is 6.92 Å². The number of benzene rings is 1. The van der Waals surface area contributed by atoms with Crippen molar-refractivity contribution in [3.05, 3.63) is 59.4 Å². The minimum atomic E-state index is -0.681. The molecule has 0 unspecified atom stereocenters. The lowest BCUT2D eigenvalue weighted by molar-refractivity contribution is -0.147. The van der Waals surface area contributed by atoms with Crippen molar-refractivity contribution in [1.82, 2.24) is 19.5 Å². The van der Waals surface area contributed by atoms with E-state index in [0.717, 1.165) is 47.8 Å². The number of nitrogens with zero attached hydrogens (tertiary/aromatic N) is 5. The first-order chi connectivity index (χ1) is 15.8. The number of carbonyl (C=O) groups is 1. The summed E-state index contributed by atoms with van der Waals surface area (Å²) in [5.41, 5.74) is 8.97.